The third-order valence-corrected chi connectivity index (χ3v) is 4.83. The second-order valence-corrected chi connectivity index (χ2v) is 6.85. The van der Waals surface area contributed by atoms with Crippen LogP contribution in [0.5, 0.6) is 0 Å². The average molecular weight is 360 g/mol. The van der Waals surface area contributed by atoms with Crippen LogP contribution >= 0.6 is 11.8 Å². The Morgan fingerprint density at radius 2 is 2.28 bits per heavy atom. The Labute approximate surface area is 150 Å². The first-order valence-corrected chi connectivity index (χ1v) is 9.19. The molecule has 0 atom stereocenters. The van der Waals surface area contributed by atoms with Gasteiger partial charge >= 0.3 is 0 Å². The van der Waals surface area contributed by atoms with E-state index < -0.39 is 0 Å². The molecule has 1 saturated heterocycles. The highest BCUT2D eigenvalue weighted by Crippen LogP contribution is 2.21. The monoisotopic (exact) mass is 360 g/mol. The lowest BCUT2D eigenvalue weighted by Crippen LogP contribution is -2.25. The van der Waals surface area contributed by atoms with E-state index in [2.05, 4.69) is 20.8 Å². The first-order valence-electron chi connectivity index (χ1n) is 8.20. The number of hydrogen-bond donors (Lipinski definition) is 1. The predicted octanol–water partition coefficient (Wildman–Crippen LogP) is 1.73. The zero-order valence-corrected chi connectivity index (χ0v) is 14.8. The lowest BCUT2D eigenvalue weighted by Gasteiger charge is -2.14. The number of carbonyl (C=O) groups excluding carboxylic acids is 2. The molecule has 1 fully saturated rings. The van der Waals surface area contributed by atoms with Gasteiger partial charge in [-0.05, 0) is 41.5 Å². The van der Waals surface area contributed by atoms with Crippen LogP contribution < -0.4 is 5.32 Å². The van der Waals surface area contributed by atoms with E-state index in [1.165, 1.54) is 6.92 Å². The van der Waals surface area contributed by atoms with Gasteiger partial charge in [-0.25, -0.2) is 0 Å². The predicted molar refractivity (Wildman–Crippen MR) is 94.6 cm³/mol. The molecule has 1 N–H and O–H groups in total. The van der Waals surface area contributed by atoms with Gasteiger partial charge < -0.3 is 10.2 Å². The van der Waals surface area contributed by atoms with Gasteiger partial charge in [-0.2, -0.15) is 4.68 Å². The van der Waals surface area contributed by atoms with Crippen molar-refractivity contribution < 1.29 is 9.59 Å². The molecule has 132 valence electrons. The maximum atomic E-state index is 11.6. The van der Waals surface area contributed by atoms with Gasteiger partial charge in [-0.15, -0.1) is 5.10 Å². The van der Waals surface area contributed by atoms with Crippen molar-refractivity contribution in [2.75, 3.05) is 24.2 Å². The van der Waals surface area contributed by atoms with Crippen LogP contribution in [-0.2, 0) is 9.59 Å². The van der Waals surface area contributed by atoms with Crippen molar-refractivity contribution in [3.05, 3.63) is 24.3 Å². The lowest BCUT2D eigenvalue weighted by molar-refractivity contribution is -0.127. The van der Waals surface area contributed by atoms with Gasteiger partial charge in [0.15, 0.2) is 0 Å². The molecule has 0 spiro atoms. The second-order valence-electron chi connectivity index (χ2n) is 5.79. The molecular formula is C16H20N6O2S. The quantitative estimate of drug-likeness (QED) is 0.597. The molecule has 0 saturated carbocycles. The van der Waals surface area contributed by atoms with E-state index in [1.54, 1.807) is 16.4 Å². The van der Waals surface area contributed by atoms with Crippen molar-refractivity contribution in [2.45, 2.75) is 31.3 Å². The second kappa shape index (κ2) is 8.11. The van der Waals surface area contributed by atoms with Gasteiger partial charge in [0.2, 0.25) is 17.0 Å². The molecule has 0 aliphatic carbocycles. The van der Waals surface area contributed by atoms with Gasteiger partial charge in [-0.1, -0.05) is 17.8 Å². The third-order valence-electron chi connectivity index (χ3n) is 3.83. The third kappa shape index (κ3) is 4.56. The van der Waals surface area contributed by atoms with Gasteiger partial charge in [0.05, 0.1) is 5.69 Å². The molecule has 2 aromatic rings. The number of tetrazole rings is 1. The van der Waals surface area contributed by atoms with Crippen LogP contribution in [0.2, 0.25) is 0 Å². The van der Waals surface area contributed by atoms with Crippen molar-refractivity contribution in [3.63, 3.8) is 0 Å². The Morgan fingerprint density at radius 1 is 1.40 bits per heavy atom. The molecule has 1 aromatic heterocycles. The van der Waals surface area contributed by atoms with E-state index in [0.717, 1.165) is 37.4 Å². The number of likely N-dealkylation sites (tertiary alicyclic amines) is 1. The lowest BCUT2D eigenvalue weighted by atomic mass is 10.3. The fraction of sp³-hybridized carbons (Fsp3) is 0.438. The van der Waals surface area contributed by atoms with Crippen LogP contribution in [-0.4, -0.2) is 55.8 Å². The number of anilines is 1. The minimum atomic E-state index is -0.125. The summed E-state index contributed by atoms with van der Waals surface area (Å²) in [5.41, 5.74) is 1.48. The summed E-state index contributed by atoms with van der Waals surface area (Å²) in [6, 6.07) is 7.37. The molecule has 0 bridgehead atoms. The summed E-state index contributed by atoms with van der Waals surface area (Å²) in [5.74, 6) is 0.958. The van der Waals surface area contributed by atoms with Crippen molar-refractivity contribution in [3.8, 4) is 5.69 Å². The first kappa shape index (κ1) is 17.4. The zero-order chi connectivity index (χ0) is 17.6. The molecule has 0 radical (unpaired) electrons. The molecule has 8 nitrogen and oxygen atoms in total. The molecule has 3 rings (SSSR count). The van der Waals surface area contributed by atoms with E-state index in [4.69, 9.17) is 0 Å². The fourth-order valence-electron chi connectivity index (χ4n) is 2.71. The highest BCUT2D eigenvalue weighted by Gasteiger charge is 2.19. The SMILES string of the molecule is CC(=O)Nc1cccc(-n2nnnc2SCCCN2CCCC2=O)c1. The smallest absolute Gasteiger partial charge is 0.222 e. The van der Waals surface area contributed by atoms with Crippen LogP contribution in [0.15, 0.2) is 29.4 Å². The van der Waals surface area contributed by atoms with Gasteiger partial charge in [0.1, 0.15) is 0 Å². The van der Waals surface area contributed by atoms with Crippen molar-refractivity contribution in [1.29, 1.82) is 0 Å². The normalized spacial score (nSPS) is 14.1. The van der Waals surface area contributed by atoms with Crippen LogP contribution in [0.25, 0.3) is 5.69 Å². The Hall–Kier alpha value is -2.42. The Balaban J connectivity index is 1.59. The number of nitrogens with one attached hydrogen (secondary N) is 1. The molecule has 2 heterocycles. The molecule has 1 aromatic carbocycles. The molecule has 25 heavy (non-hydrogen) atoms. The minimum absolute atomic E-state index is 0.125. The van der Waals surface area contributed by atoms with Gasteiger partial charge in [0.25, 0.3) is 0 Å². The minimum Gasteiger partial charge on any atom is -0.343 e. The highest BCUT2D eigenvalue weighted by molar-refractivity contribution is 7.99. The summed E-state index contributed by atoms with van der Waals surface area (Å²) in [5, 5.41) is 15.3. The largest absolute Gasteiger partial charge is 0.343 e. The molecule has 2 amide bonds. The number of rotatable bonds is 7. The summed E-state index contributed by atoms with van der Waals surface area (Å²) in [6.45, 7) is 3.12. The van der Waals surface area contributed by atoms with Crippen molar-refractivity contribution >= 4 is 29.3 Å². The maximum Gasteiger partial charge on any atom is 0.222 e. The molecule has 1 aliphatic heterocycles. The van der Waals surface area contributed by atoms with E-state index in [-0.39, 0.29) is 11.8 Å². The van der Waals surface area contributed by atoms with E-state index in [9.17, 15) is 9.59 Å². The standard InChI is InChI=1S/C16H20N6O2S/c1-12(23)17-13-5-2-6-14(11-13)22-16(18-19-20-22)25-10-4-9-21-8-3-7-15(21)24/h2,5-6,11H,3-4,7-10H2,1H3,(H,17,23). The number of nitrogens with zero attached hydrogens (tertiary/aromatic N) is 5. The van der Waals surface area contributed by atoms with Crippen LogP contribution in [0, 0.1) is 0 Å². The van der Waals surface area contributed by atoms with Crippen LogP contribution in [0.4, 0.5) is 5.69 Å². The summed E-state index contributed by atoms with van der Waals surface area (Å²) in [7, 11) is 0. The highest BCUT2D eigenvalue weighted by atomic mass is 32.2. The van der Waals surface area contributed by atoms with Gasteiger partial charge in [0, 0.05) is 37.9 Å². The summed E-state index contributed by atoms with van der Waals surface area (Å²) < 4.78 is 1.65. The molecule has 1 aliphatic rings. The zero-order valence-electron chi connectivity index (χ0n) is 14.0. The fourth-order valence-corrected chi connectivity index (χ4v) is 3.52. The summed E-state index contributed by atoms with van der Waals surface area (Å²) >= 11 is 1.55. The summed E-state index contributed by atoms with van der Waals surface area (Å²) in [6.07, 6.45) is 2.54. The topological polar surface area (TPSA) is 93.0 Å². The van der Waals surface area contributed by atoms with Crippen molar-refractivity contribution in [2.24, 2.45) is 0 Å². The van der Waals surface area contributed by atoms with Crippen molar-refractivity contribution in [1.82, 2.24) is 25.1 Å². The maximum absolute atomic E-state index is 11.6. The van der Waals surface area contributed by atoms with E-state index in [1.807, 2.05) is 29.2 Å². The molecule has 9 heteroatoms. The number of benzene rings is 1. The molecule has 0 unspecified atom stereocenters. The van der Waals surface area contributed by atoms with E-state index in [0.29, 0.717) is 17.3 Å². The first-order chi connectivity index (χ1) is 12.1. The Morgan fingerprint density at radius 3 is 3.04 bits per heavy atom. The van der Waals surface area contributed by atoms with Crippen LogP contribution in [0.1, 0.15) is 26.2 Å². The Bertz CT molecular complexity index is 763. The van der Waals surface area contributed by atoms with Crippen LogP contribution in [0.3, 0.4) is 0 Å². The van der Waals surface area contributed by atoms with Gasteiger partial charge in [-0.3, -0.25) is 9.59 Å². The molecular weight excluding hydrogens is 340 g/mol. The number of carbonyl (C=O) groups is 2. The number of hydrogen-bond acceptors (Lipinski definition) is 6. The average Bonchev–Trinajstić information content (AvgIpc) is 3.20. The number of aromatic nitrogens is 4. The number of thioether (sulfide) groups is 1. The van der Waals surface area contributed by atoms with E-state index >= 15 is 0 Å². The summed E-state index contributed by atoms with van der Waals surface area (Å²) in [4.78, 5) is 24.7. The number of amides is 2. The Kier molecular flexibility index (Phi) is 5.64.